The zero-order chi connectivity index (χ0) is 20.7. The molecule has 0 bridgehead atoms. The lowest BCUT2D eigenvalue weighted by molar-refractivity contribution is -0.140. The van der Waals surface area contributed by atoms with E-state index >= 15 is 0 Å². The molecule has 0 aromatic carbocycles. The van der Waals surface area contributed by atoms with E-state index in [0.717, 1.165) is 35.8 Å². The Kier molecular flexibility index (Phi) is 14.0. The van der Waals surface area contributed by atoms with Gasteiger partial charge in [-0.25, -0.2) is 0 Å². The van der Waals surface area contributed by atoms with Crippen molar-refractivity contribution in [3.63, 3.8) is 0 Å². The molecule has 152 valence electrons. The van der Waals surface area contributed by atoms with Crippen molar-refractivity contribution in [3.05, 3.63) is 46.6 Å². The van der Waals surface area contributed by atoms with Crippen molar-refractivity contribution in [1.29, 1.82) is 0 Å². The Balaban J connectivity index is 4.82. The second kappa shape index (κ2) is 15.1. The van der Waals surface area contributed by atoms with E-state index < -0.39 is 6.10 Å². The molecule has 5 heteroatoms. The summed E-state index contributed by atoms with van der Waals surface area (Å²) in [5, 5.41) is 19.8. The zero-order valence-corrected chi connectivity index (χ0v) is 17.0. The van der Waals surface area contributed by atoms with E-state index in [0.29, 0.717) is 24.8 Å². The predicted octanol–water partition coefficient (Wildman–Crippen LogP) is 3.82. The molecular weight excluding hydrogens is 344 g/mol. The molecule has 0 heterocycles. The fourth-order valence-electron chi connectivity index (χ4n) is 2.37. The number of aliphatic hydroxyl groups excluding tert-OH is 2. The van der Waals surface area contributed by atoms with E-state index in [-0.39, 0.29) is 19.2 Å². The number of hydrogen-bond donors (Lipinski definition) is 2. The minimum Gasteiger partial charge on any atom is -0.461 e. The van der Waals surface area contributed by atoms with Gasteiger partial charge in [-0.05, 0) is 70.1 Å². The first-order valence-corrected chi connectivity index (χ1v) is 9.33. The van der Waals surface area contributed by atoms with Crippen LogP contribution in [-0.4, -0.2) is 41.8 Å². The van der Waals surface area contributed by atoms with Gasteiger partial charge in [-0.3, -0.25) is 9.59 Å². The third kappa shape index (κ3) is 13.8. The molecule has 27 heavy (non-hydrogen) atoms. The number of rotatable bonds is 13. The van der Waals surface area contributed by atoms with Crippen LogP contribution in [0.25, 0.3) is 0 Å². The van der Waals surface area contributed by atoms with Crippen LogP contribution < -0.4 is 0 Å². The Hall–Kier alpha value is -1.98. The van der Waals surface area contributed by atoms with Gasteiger partial charge in [0, 0.05) is 6.92 Å². The normalized spacial score (nSPS) is 13.9. The predicted molar refractivity (Wildman–Crippen MR) is 108 cm³/mol. The van der Waals surface area contributed by atoms with Crippen LogP contribution in [0.2, 0.25) is 0 Å². The van der Waals surface area contributed by atoms with Crippen molar-refractivity contribution in [2.45, 2.75) is 65.9 Å². The van der Waals surface area contributed by atoms with Crippen molar-refractivity contribution in [3.8, 4) is 0 Å². The largest absolute Gasteiger partial charge is 0.461 e. The SMILES string of the molecule is CC(=O)OC/C(=C/CC/C(=C/CC/C(C)=C/C=O)CO)C(O)CC=C(C)C. The summed E-state index contributed by atoms with van der Waals surface area (Å²) in [6.07, 6.45) is 10.7. The quantitative estimate of drug-likeness (QED) is 0.220. The van der Waals surface area contributed by atoms with E-state index in [1.807, 2.05) is 39.0 Å². The van der Waals surface area contributed by atoms with Gasteiger partial charge in [0.2, 0.25) is 0 Å². The van der Waals surface area contributed by atoms with Crippen molar-refractivity contribution < 1.29 is 24.5 Å². The summed E-state index contributed by atoms with van der Waals surface area (Å²) in [7, 11) is 0. The molecule has 0 radical (unpaired) electrons. The van der Waals surface area contributed by atoms with E-state index in [2.05, 4.69) is 0 Å². The zero-order valence-electron chi connectivity index (χ0n) is 17.0. The summed E-state index contributed by atoms with van der Waals surface area (Å²) in [5.41, 5.74) is 3.70. The van der Waals surface area contributed by atoms with Crippen LogP contribution in [0.4, 0.5) is 0 Å². The van der Waals surface area contributed by atoms with Gasteiger partial charge in [0.15, 0.2) is 0 Å². The summed E-state index contributed by atoms with van der Waals surface area (Å²) in [6.45, 7) is 7.22. The molecule has 0 aliphatic rings. The molecule has 0 spiro atoms. The van der Waals surface area contributed by atoms with Gasteiger partial charge in [0.05, 0.1) is 12.7 Å². The molecule has 0 saturated heterocycles. The lowest BCUT2D eigenvalue weighted by Gasteiger charge is -2.14. The number of hydrogen-bond acceptors (Lipinski definition) is 5. The molecule has 2 N–H and O–H groups in total. The molecule has 0 aromatic heterocycles. The third-order valence-electron chi connectivity index (χ3n) is 4.02. The lowest BCUT2D eigenvalue weighted by Crippen LogP contribution is -2.16. The fraction of sp³-hybridized carbons (Fsp3) is 0.545. The number of aldehydes is 1. The van der Waals surface area contributed by atoms with Gasteiger partial charge in [-0.15, -0.1) is 0 Å². The van der Waals surface area contributed by atoms with Gasteiger partial charge in [-0.1, -0.05) is 29.4 Å². The van der Waals surface area contributed by atoms with Gasteiger partial charge < -0.3 is 14.9 Å². The highest BCUT2D eigenvalue weighted by molar-refractivity contribution is 5.66. The maximum absolute atomic E-state index is 11.1. The molecule has 0 aliphatic heterocycles. The smallest absolute Gasteiger partial charge is 0.302 e. The summed E-state index contributed by atoms with van der Waals surface area (Å²) >= 11 is 0. The molecular formula is C22H34O5. The number of carbonyl (C=O) groups is 2. The summed E-state index contributed by atoms with van der Waals surface area (Å²) < 4.78 is 5.04. The maximum Gasteiger partial charge on any atom is 0.302 e. The lowest BCUT2D eigenvalue weighted by atomic mass is 10.0. The minimum absolute atomic E-state index is 0.0239. The van der Waals surface area contributed by atoms with Crippen molar-refractivity contribution >= 4 is 12.3 Å². The van der Waals surface area contributed by atoms with Gasteiger partial charge >= 0.3 is 5.97 Å². The molecule has 1 unspecified atom stereocenters. The second-order valence-corrected chi connectivity index (χ2v) is 6.84. The van der Waals surface area contributed by atoms with Crippen LogP contribution >= 0.6 is 0 Å². The summed E-state index contributed by atoms with van der Waals surface area (Å²) in [5.74, 6) is -0.384. The Morgan fingerprint density at radius 2 is 1.70 bits per heavy atom. The van der Waals surface area contributed by atoms with Gasteiger partial charge in [0.1, 0.15) is 12.9 Å². The van der Waals surface area contributed by atoms with Crippen molar-refractivity contribution in [2.75, 3.05) is 13.2 Å². The summed E-state index contributed by atoms with van der Waals surface area (Å²) in [4.78, 5) is 21.5. The highest BCUT2D eigenvalue weighted by Gasteiger charge is 2.11. The number of ether oxygens (including phenoxy) is 1. The average Bonchev–Trinajstić information content (AvgIpc) is 2.60. The Labute approximate surface area is 163 Å². The highest BCUT2D eigenvalue weighted by atomic mass is 16.5. The third-order valence-corrected chi connectivity index (χ3v) is 4.02. The topological polar surface area (TPSA) is 83.8 Å². The van der Waals surface area contributed by atoms with Crippen LogP contribution in [0, 0.1) is 0 Å². The van der Waals surface area contributed by atoms with Crippen LogP contribution in [0.15, 0.2) is 46.6 Å². The first-order chi connectivity index (χ1) is 12.8. The molecule has 0 aliphatic carbocycles. The van der Waals surface area contributed by atoms with Crippen LogP contribution in [-0.2, 0) is 14.3 Å². The fourth-order valence-corrected chi connectivity index (χ4v) is 2.37. The molecule has 1 atom stereocenters. The molecule has 0 saturated carbocycles. The van der Waals surface area contributed by atoms with E-state index in [1.54, 1.807) is 6.08 Å². The Bertz CT molecular complexity index is 578. The monoisotopic (exact) mass is 378 g/mol. The number of aliphatic hydroxyl groups is 2. The molecule has 0 aromatic rings. The van der Waals surface area contributed by atoms with Crippen molar-refractivity contribution in [2.24, 2.45) is 0 Å². The average molecular weight is 379 g/mol. The van der Waals surface area contributed by atoms with Crippen molar-refractivity contribution in [1.82, 2.24) is 0 Å². The number of carbonyl (C=O) groups excluding carboxylic acids is 2. The number of allylic oxidation sites excluding steroid dienone is 5. The van der Waals surface area contributed by atoms with E-state index in [4.69, 9.17) is 4.74 Å². The Morgan fingerprint density at radius 3 is 2.26 bits per heavy atom. The highest BCUT2D eigenvalue weighted by Crippen LogP contribution is 2.15. The van der Waals surface area contributed by atoms with Gasteiger partial charge in [0.25, 0.3) is 0 Å². The maximum atomic E-state index is 11.1. The molecule has 0 fully saturated rings. The van der Waals surface area contributed by atoms with Crippen LogP contribution in [0.5, 0.6) is 0 Å². The van der Waals surface area contributed by atoms with Gasteiger partial charge in [-0.2, -0.15) is 0 Å². The number of esters is 1. The minimum atomic E-state index is -0.697. The second-order valence-electron chi connectivity index (χ2n) is 6.84. The Morgan fingerprint density at radius 1 is 1.04 bits per heavy atom. The summed E-state index contributed by atoms with van der Waals surface area (Å²) in [6, 6.07) is 0. The van der Waals surface area contributed by atoms with Crippen LogP contribution in [0.3, 0.4) is 0 Å². The first kappa shape index (κ1) is 25.0. The molecule has 5 nitrogen and oxygen atoms in total. The molecule has 0 amide bonds. The molecule has 0 rings (SSSR count). The first-order valence-electron chi connectivity index (χ1n) is 9.33. The van der Waals surface area contributed by atoms with E-state index in [1.165, 1.54) is 6.92 Å². The van der Waals surface area contributed by atoms with E-state index in [9.17, 15) is 19.8 Å². The van der Waals surface area contributed by atoms with Crippen LogP contribution in [0.1, 0.15) is 59.8 Å². The standard InChI is InChI=1S/C22H34O5/c1-17(2)11-12-22(26)21(16-27-19(4)25)10-6-9-20(15-24)8-5-7-18(3)13-14-23/h8,10-11,13-14,22,24,26H,5-7,9,12,15-16H2,1-4H3/b18-13+,20-8-,21-10-.